The first kappa shape index (κ1) is 25.0. The van der Waals surface area contributed by atoms with Crippen molar-refractivity contribution in [2.75, 3.05) is 40.4 Å². The minimum Gasteiger partial charge on any atom is -0.493 e. The molecule has 1 aromatic carbocycles. The predicted molar refractivity (Wildman–Crippen MR) is 106 cm³/mol. The Balaban J connectivity index is 0. The van der Waals surface area contributed by atoms with Crippen LogP contribution in [0.2, 0.25) is 0 Å². The van der Waals surface area contributed by atoms with E-state index in [4.69, 9.17) is 9.47 Å². The first-order valence-electron chi connectivity index (χ1n) is 7.49. The van der Waals surface area contributed by atoms with Crippen LogP contribution in [0.1, 0.15) is 25.8 Å². The standard InChI is InChI=1S/C16H27BrN2O2.2ClH/c1-5-19(6-2)9-7-8-18-12-13-10-14(17)16(21-4)15(11-13)20-3;;/h10-11,18H,5-9,12H2,1-4H3;2*1H. The first-order valence-corrected chi connectivity index (χ1v) is 8.28. The lowest BCUT2D eigenvalue weighted by Crippen LogP contribution is -2.27. The second kappa shape index (κ2) is 14.2. The minimum absolute atomic E-state index is 0. The molecule has 0 heterocycles. The van der Waals surface area contributed by atoms with Crippen LogP contribution < -0.4 is 14.8 Å². The topological polar surface area (TPSA) is 33.7 Å². The summed E-state index contributed by atoms with van der Waals surface area (Å²) in [5.74, 6) is 1.49. The Morgan fingerprint density at radius 1 is 1.09 bits per heavy atom. The quantitative estimate of drug-likeness (QED) is 0.564. The van der Waals surface area contributed by atoms with Gasteiger partial charge in [0.15, 0.2) is 11.5 Å². The van der Waals surface area contributed by atoms with Gasteiger partial charge in [-0.1, -0.05) is 13.8 Å². The molecule has 1 N–H and O–H groups in total. The number of nitrogens with one attached hydrogen (secondary N) is 1. The van der Waals surface area contributed by atoms with Crippen molar-refractivity contribution in [3.63, 3.8) is 0 Å². The summed E-state index contributed by atoms with van der Waals surface area (Å²) in [7, 11) is 3.30. The van der Waals surface area contributed by atoms with Gasteiger partial charge in [0.2, 0.25) is 0 Å². The van der Waals surface area contributed by atoms with E-state index in [0.29, 0.717) is 0 Å². The zero-order chi connectivity index (χ0) is 15.7. The van der Waals surface area contributed by atoms with E-state index in [-0.39, 0.29) is 24.8 Å². The smallest absolute Gasteiger partial charge is 0.174 e. The molecule has 0 amide bonds. The fourth-order valence-corrected chi connectivity index (χ4v) is 2.92. The summed E-state index contributed by atoms with van der Waals surface area (Å²) in [6, 6.07) is 4.08. The van der Waals surface area contributed by atoms with Crippen LogP contribution in [0.4, 0.5) is 0 Å². The molecule has 0 aliphatic carbocycles. The van der Waals surface area contributed by atoms with Crippen molar-refractivity contribution in [1.82, 2.24) is 10.2 Å². The fraction of sp³-hybridized carbons (Fsp3) is 0.625. The molecule has 0 aromatic heterocycles. The molecule has 0 saturated carbocycles. The van der Waals surface area contributed by atoms with Crippen LogP contribution >= 0.6 is 40.7 Å². The van der Waals surface area contributed by atoms with E-state index in [0.717, 1.165) is 55.1 Å². The van der Waals surface area contributed by atoms with Gasteiger partial charge >= 0.3 is 0 Å². The third-order valence-electron chi connectivity index (χ3n) is 3.54. The Labute approximate surface area is 161 Å². The van der Waals surface area contributed by atoms with E-state index in [1.54, 1.807) is 14.2 Å². The van der Waals surface area contributed by atoms with E-state index in [1.165, 1.54) is 5.56 Å². The molecule has 0 aliphatic rings. The third kappa shape index (κ3) is 8.45. The van der Waals surface area contributed by atoms with Crippen LogP contribution in [0, 0.1) is 0 Å². The van der Waals surface area contributed by atoms with Gasteiger partial charge in [-0.15, -0.1) is 24.8 Å². The van der Waals surface area contributed by atoms with Crippen molar-refractivity contribution in [3.05, 3.63) is 22.2 Å². The molecule has 136 valence electrons. The molecule has 4 nitrogen and oxygen atoms in total. The number of ether oxygens (including phenoxy) is 2. The molecular weight excluding hydrogens is 403 g/mol. The number of hydrogen-bond donors (Lipinski definition) is 1. The van der Waals surface area contributed by atoms with Crippen LogP contribution in [0.15, 0.2) is 16.6 Å². The number of halogens is 3. The summed E-state index contributed by atoms with van der Waals surface area (Å²) in [6.07, 6.45) is 1.16. The van der Waals surface area contributed by atoms with Crippen molar-refractivity contribution in [1.29, 1.82) is 0 Å². The molecule has 7 heteroatoms. The van der Waals surface area contributed by atoms with Gasteiger partial charge in [0, 0.05) is 6.54 Å². The summed E-state index contributed by atoms with van der Waals surface area (Å²) >= 11 is 3.52. The summed E-state index contributed by atoms with van der Waals surface area (Å²) in [6.45, 7) is 9.66. The molecule has 1 rings (SSSR count). The maximum absolute atomic E-state index is 5.36. The van der Waals surface area contributed by atoms with Gasteiger partial charge in [-0.05, 0) is 66.2 Å². The average Bonchev–Trinajstić information content (AvgIpc) is 2.50. The maximum atomic E-state index is 5.36. The SMILES string of the molecule is CCN(CC)CCCNCc1cc(Br)c(OC)c(OC)c1.Cl.Cl. The molecule has 0 saturated heterocycles. The molecule has 0 radical (unpaired) electrons. The normalized spacial score (nSPS) is 10.0. The maximum Gasteiger partial charge on any atom is 0.174 e. The van der Waals surface area contributed by atoms with E-state index in [9.17, 15) is 0 Å². The number of methoxy groups -OCH3 is 2. The van der Waals surface area contributed by atoms with Crippen LogP contribution in [-0.4, -0.2) is 45.3 Å². The Hall–Kier alpha value is -0.200. The zero-order valence-electron chi connectivity index (χ0n) is 14.4. The van der Waals surface area contributed by atoms with Crippen molar-refractivity contribution in [2.45, 2.75) is 26.8 Å². The molecule has 23 heavy (non-hydrogen) atoms. The van der Waals surface area contributed by atoms with Crippen molar-refractivity contribution in [3.8, 4) is 11.5 Å². The molecular formula is C16H29BrCl2N2O2. The van der Waals surface area contributed by atoms with Gasteiger partial charge in [0.1, 0.15) is 0 Å². The summed E-state index contributed by atoms with van der Waals surface area (Å²) in [5, 5.41) is 3.48. The fourth-order valence-electron chi connectivity index (χ4n) is 2.27. The summed E-state index contributed by atoms with van der Waals surface area (Å²) in [5.41, 5.74) is 1.18. The monoisotopic (exact) mass is 430 g/mol. The lowest BCUT2D eigenvalue weighted by atomic mass is 10.2. The highest BCUT2D eigenvalue weighted by molar-refractivity contribution is 9.10. The van der Waals surface area contributed by atoms with Gasteiger partial charge in [-0.2, -0.15) is 0 Å². The number of benzene rings is 1. The molecule has 0 aliphatic heterocycles. The first-order chi connectivity index (χ1) is 10.2. The van der Waals surface area contributed by atoms with Crippen LogP contribution in [0.25, 0.3) is 0 Å². The van der Waals surface area contributed by atoms with E-state index in [2.05, 4.69) is 46.1 Å². The molecule has 0 atom stereocenters. The van der Waals surface area contributed by atoms with Gasteiger partial charge in [-0.3, -0.25) is 0 Å². The Morgan fingerprint density at radius 2 is 1.74 bits per heavy atom. The van der Waals surface area contributed by atoms with Gasteiger partial charge < -0.3 is 19.7 Å². The van der Waals surface area contributed by atoms with E-state index < -0.39 is 0 Å². The predicted octanol–water partition coefficient (Wildman–Crippen LogP) is 4.13. The number of nitrogens with zero attached hydrogens (tertiary/aromatic N) is 1. The second-order valence-corrected chi connectivity index (χ2v) is 5.72. The largest absolute Gasteiger partial charge is 0.493 e. The van der Waals surface area contributed by atoms with Crippen LogP contribution in [0.5, 0.6) is 11.5 Å². The summed E-state index contributed by atoms with van der Waals surface area (Å²) in [4.78, 5) is 2.44. The molecule has 0 unspecified atom stereocenters. The highest BCUT2D eigenvalue weighted by Gasteiger charge is 2.10. The van der Waals surface area contributed by atoms with Crippen LogP contribution in [-0.2, 0) is 6.54 Å². The number of hydrogen-bond acceptors (Lipinski definition) is 4. The number of rotatable bonds is 10. The highest BCUT2D eigenvalue weighted by atomic mass is 79.9. The van der Waals surface area contributed by atoms with Crippen molar-refractivity contribution in [2.24, 2.45) is 0 Å². The van der Waals surface area contributed by atoms with Crippen molar-refractivity contribution < 1.29 is 9.47 Å². The average molecular weight is 432 g/mol. The van der Waals surface area contributed by atoms with Crippen LogP contribution in [0.3, 0.4) is 0 Å². The van der Waals surface area contributed by atoms with Gasteiger partial charge in [-0.25, -0.2) is 0 Å². The summed E-state index contributed by atoms with van der Waals surface area (Å²) < 4.78 is 11.6. The second-order valence-electron chi connectivity index (χ2n) is 4.87. The molecule has 0 spiro atoms. The Kier molecular flexibility index (Phi) is 15.4. The lowest BCUT2D eigenvalue weighted by Gasteiger charge is -2.17. The highest BCUT2D eigenvalue weighted by Crippen LogP contribution is 2.36. The Morgan fingerprint density at radius 3 is 2.26 bits per heavy atom. The van der Waals surface area contributed by atoms with E-state index in [1.807, 2.05) is 6.07 Å². The lowest BCUT2D eigenvalue weighted by molar-refractivity contribution is 0.298. The van der Waals surface area contributed by atoms with Gasteiger partial charge in [0.05, 0.1) is 18.7 Å². The zero-order valence-corrected chi connectivity index (χ0v) is 17.6. The molecule has 0 bridgehead atoms. The van der Waals surface area contributed by atoms with Crippen molar-refractivity contribution >= 4 is 40.7 Å². The minimum atomic E-state index is 0. The molecule has 1 aromatic rings. The Bertz CT molecular complexity index is 433. The van der Waals surface area contributed by atoms with Gasteiger partial charge in [0.25, 0.3) is 0 Å². The third-order valence-corrected chi connectivity index (χ3v) is 4.13. The molecule has 0 fully saturated rings. The van der Waals surface area contributed by atoms with E-state index >= 15 is 0 Å².